The van der Waals surface area contributed by atoms with Gasteiger partial charge in [0, 0.05) is 13.1 Å². The predicted molar refractivity (Wildman–Crippen MR) is 102 cm³/mol. The van der Waals surface area contributed by atoms with E-state index in [1.54, 1.807) is 26.2 Å². The van der Waals surface area contributed by atoms with Crippen molar-refractivity contribution >= 4 is 11.8 Å². The lowest BCUT2D eigenvalue weighted by Crippen LogP contribution is -2.48. The van der Waals surface area contributed by atoms with Crippen molar-refractivity contribution in [3.05, 3.63) is 65.5 Å². The van der Waals surface area contributed by atoms with Crippen LogP contribution in [-0.2, 0) is 22.6 Å². The summed E-state index contributed by atoms with van der Waals surface area (Å²) in [6.45, 7) is 4.29. The zero-order chi connectivity index (χ0) is 19.8. The smallest absolute Gasteiger partial charge is 0.242 e. The van der Waals surface area contributed by atoms with Gasteiger partial charge in [-0.25, -0.2) is 4.39 Å². The first-order valence-electron chi connectivity index (χ1n) is 8.89. The van der Waals surface area contributed by atoms with E-state index in [0.717, 1.165) is 5.56 Å². The topological polar surface area (TPSA) is 58.6 Å². The average Bonchev–Trinajstić information content (AvgIpc) is 2.67. The molecule has 0 aliphatic carbocycles. The summed E-state index contributed by atoms with van der Waals surface area (Å²) in [6.07, 6.45) is 0.0913. The molecule has 0 unspecified atom stereocenters. The van der Waals surface area contributed by atoms with Gasteiger partial charge in [0.15, 0.2) is 0 Å². The summed E-state index contributed by atoms with van der Waals surface area (Å²) in [7, 11) is 1.58. The normalized spacial score (nSPS) is 11.6. The Morgan fingerprint density at radius 1 is 1.15 bits per heavy atom. The standard InChI is InChI=1S/C21H25FN2O3/c1-4-23-21(26)15(2)24(14-17-6-5-7-19(12-17)27-3)20(25)13-16-8-10-18(22)11-9-16/h5-12,15H,4,13-14H2,1-3H3,(H,23,26)/t15-/m0/s1. The molecule has 1 atom stereocenters. The molecule has 5 nitrogen and oxygen atoms in total. The van der Waals surface area contributed by atoms with Crippen molar-refractivity contribution in [2.24, 2.45) is 0 Å². The highest BCUT2D eigenvalue weighted by Crippen LogP contribution is 2.17. The number of rotatable bonds is 8. The van der Waals surface area contributed by atoms with Crippen LogP contribution in [0.3, 0.4) is 0 Å². The van der Waals surface area contributed by atoms with Gasteiger partial charge in [-0.15, -0.1) is 0 Å². The first-order chi connectivity index (χ1) is 12.9. The Balaban J connectivity index is 2.23. The van der Waals surface area contributed by atoms with Crippen LogP contribution in [0.1, 0.15) is 25.0 Å². The van der Waals surface area contributed by atoms with E-state index in [2.05, 4.69) is 5.32 Å². The van der Waals surface area contributed by atoms with Gasteiger partial charge in [0.2, 0.25) is 11.8 Å². The third kappa shape index (κ3) is 5.81. The lowest BCUT2D eigenvalue weighted by Gasteiger charge is -2.29. The van der Waals surface area contributed by atoms with Crippen molar-refractivity contribution < 1.29 is 18.7 Å². The molecule has 0 aliphatic heterocycles. The third-order valence-corrected chi connectivity index (χ3v) is 4.27. The molecule has 2 rings (SSSR count). The Morgan fingerprint density at radius 2 is 1.85 bits per heavy atom. The Labute approximate surface area is 159 Å². The second-order valence-corrected chi connectivity index (χ2v) is 6.25. The Hall–Kier alpha value is -2.89. The van der Waals surface area contributed by atoms with Gasteiger partial charge in [-0.3, -0.25) is 9.59 Å². The molecular weight excluding hydrogens is 347 g/mol. The number of nitrogens with zero attached hydrogens (tertiary/aromatic N) is 1. The van der Waals surface area contributed by atoms with Crippen molar-refractivity contribution in [2.75, 3.05) is 13.7 Å². The summed E-state index contributed by atoms with van der Waals surface area (Å²) in [5.74, 6) is -0.0877. The number of halogens is 1. The van der Waals surface area contributed by atoms with Gasteiger partial charge in [0.05, 0.1) is 13.5 Å². The number of ether oxygens (including phenoxy) is 1. The van der Waals surface area contributed by atoms with Gasteiger partial charge in [-0.05, 0) is 49.2 Å². The molecule has 0 bridgehead atoms. The minimum atomic E-state index is -0.635. The number of methoxy groups -OCH3 is 1. The fourth-order valence-electron chi connectivity index (χ4n) is 2.75. The second kappa shape index (κ2) is 9.71. The number of benzene rings is 2. The minimum absolute atomic E-state index is 0.0913. The van der Waals surface area contributed by atoms with E-state index < -0.39 is 6.04 Å². The van der Waals surface area contributed by atoms with Gasteiger partial charge in [-0.2, -0.15) is 0 Å². The molecule has 0 saturated heterocycles. The number of carbonyl (C=O) groups excluding carboxylic acids is 2. The molecule has 6 heteroatoms. The van der Waals surface area contributed by atoms with E-state index in [1.807, 2.05) is 31.2 Å². The lowest BCUT2D eigenvalue weighted by atomic mass is 10.1. The van der Waals surface area contributed by atoms with Crippen LogP contribution >= 0.6 is 0 Å². The van der Waals surface area contributed by atoms with E-state index in [9.17, 15) is 14.0 Å². The van der Waals surface area contributed by atoms with E-state index in [1.165, 1.54) is 17.0 Å². The fourth-order valence-corrected chi connectivity index (χ4v) is 2.75. The van der Waals surface area contributed by atoms with Crippen LogP contribution in [0.5, 0.6) is 5.75 Å². The number of likely N-dealkylation sites (N-methyl/N-ethyl adjacent to an activating group) is 1. The predicted octanol–water partition coefficient (Wildman–Crippen LogP) is 2.93. The van der Waals surface area contributed by atoms with Crippen molar-refractivity contribution in [3.8, 4) is 5.75 Å². The maximum atomic E-state index is 13.1. The molecule has 0 radical (unpaired) electrons. The molecule has 0 saturated carbocycles. The van der Waals surface area contributed by atoms with Crippen LogP contribution in [0.2, 0.25) is 0 Å². The number of nitrogens with one attached hydrogen (secondary N) is 1. The monoisotopic (exact) mass is 372 g/mol. The number of hydrogen-bond acceptors (Lipinski definition) is 3. The Morgan fingerprint density at radius 3 is 2.48 bits per heavy atom. The van der Waals surface area contributed by atoms with Crippen molar-refractivity contribution in [1.82, 2.24) is 10.2 Å². The first-order valence-corrected chi connectivity index (χ1v) is 8.89. The van der Waals surface area contributed by atoms with Gasteiger partial charge < -0.3 is 15.0 Å². The average molecular weight is 372 g/mol. The minimum Gasteiger partial charge on any atom is -0.497 e. The zero-order valence-corrected chi connectivity index (χ0v) is 15.9. The first kappa shape index (κ1) is 20.4. The molecule has 144 valence electrons. The molecule has 0 spiro atoms. The van der Waals surface area contributed by atoms with Gasteiger partial charge >= 0.3 is 0 Å². The van der Waals surface area contributed by atoms with Gasteiger partial charge in [0.1, 0.15) is 17.6 Å². The van der Waals surface area contributed by atoms with Crippen molar-refractivity contribution in [1.29, 1.82) is 0 Å². The Bertz CT molecular complexity index is 777. The largest absolute Gasteiger partial charge is 0.497 e. The maximum Gasteiger partial charge on any atom is 0.242 e. The highest BCUT2D eigenvalue weighted by Gasteiger charge is 2.26. The molecule has 0 fully saturated rings. The van der Waals surface area contributed by atoms with Crippen LogP contribution in [0.4, 0.5) is 4.39 Å². The number of hydrogen-bond donors (Lipinski definition) is 1. The van der Waals surface area contributed by atoms with Crippen LogP contribution in [0, 0.1) is 5.82 Å². The summed E-state index contributed by atoms with van der Waals surface area (Å²) in [5.41, 5.74) is 1.55. The van der Waals surface area contributed by atoms with Crippen LogP contribution in [0.25, 0.3) is 0 Å². The van der Waals surface area contributed by atoms with E-state index in [4.69, 9.17) is 4.74 Å². The Kier molecular flexibility index (Phi) is 7.34. The molecule has 0 heterocycles. The summed E-state index contributed by atoms with van der Waals surface area (Å²) in [5, 5.41) is 2.75. The van der Waals surface area contributed by atoms with E-state index in [-0.39, 0.29) is 30.6 Å². The summed E-state index contributed by atoms with van der Waals surface area (Å²) in [4.78, 5) is 26.8. The molecular formula is C21H25FN2O3. The summed E-state index contributed by atoms with van der Waals surface area (Å²) < 4.78 is 18.3. The molecule has 1 N–H and O–H groups in total. The summed E-state index contributed by atoms with van der Waals surface area (Å²) in [6, 6.07) is 12.5. The van der Waals surface area contributed by atoms with Crippen LogP contribution < -0.4 is 10.1 Å². The highest BCUT2D eigenvalue weighted by molar-refractivity contribution is 5.88. The van der Waals surface area contributed by atoms with Gasteiger partial charge in [0.25, 0.3) is 0 Å². The van der Waals surface area contributed by atoms with E-state index >= 15 is 0 Å². The molecule has 2 aromatic rings. The molecule has 27 heavy (non-hydrogen) atoms. The van der Waals surface area contributed by atoms with Crippen LogP contribution in [-0.4, -0.2) is 36.4 Å². The summed E-state index contributed by atoms with van der Waals surface area (Å²) >= 11 is 0. The van der Waals surface area contributed by atoms with Crippen molar-refractivity contribution in [2.45, 2.75) is 32.9 Å². The second-order valence-electron chi connectivity index (χ2n) is 6.25. The molecule has 0 aliphatic rings. The van der Waals surface area contributed by atoms with Gasteiger partial charge in [-0.1, -0.05) is 24.3 Å². The lowest BCUT2D eigenvalue weighted by molar-refractivity contribution is -0.140. The SMILES string of the molecule is CCNC(=O)[C@H](C)N(Cc1cccc(OC)c1)C(=O)Cc1ccc(F)cc1. The third-order valence-electron chi connectivity index (χ3n) is 4.27. The van der Waals surface area contributed by atoms with Crippen LogP contribution in [0.15, 0.2) is 48.5 Å². The number of amides is 2. The maximum absolute atomic E-state index is 13.1. The highest BCUT2D eigenvalue weighted by atomic mass is 19.1. The molecule has 0 aromatic heterocycles. The fraction of sp³-hybridized carbons (Fsp3) is 0.333. The van der Waals surface area contributed by atoms with E-state index in [0.29, 0.717) is 17.9 Å². The molecule has 2 aromatic carbocycles. The van der Waals surface area contributed by atoms with Crippen molar-refractivity contribution in [3.63, 3.8) is 0 Å². The molecule has 2 amide bonds. The quantitative estimate of drug-likeness (QED) is 0.775. The zero-order valence-electron chi connectivity index (χ0n) is 15.9. The number of carbonyl (C=O) groups is 2.